The maximum absolute atomic E-state index is 13.4. The van der Waals surface area contributed by atoms with Gasteiger partial charge in [-0.15, -0.1) is 0 Å². The Morgan fingerprint density at radius 2 is 1.75 bits per heavy atom. The number of nitrogens with one attached hydrogen (secondary N) is 1. The molecule has 0 saturated heterocycles. The standard InChI is InChI=1S/C14H11F3N2O/c15-10-5-12(17)13(6-11(10)16)19-14(20)9-3-1-2-8(4-9)7-18/h1-6H,7,18H2,(H,19,20). The van der Waals surface area contributed by atoms with Crippen molar-refractivity contribution in [1.82, 2.24) is 0 Å². The molecule has 6 heteroatoms. The third kappa shape index (κ3) is 2.97. The minimum atomic E-state index is -1.31. The van der Waals surface area contributed by atoms with Gasteiger partial charge in [-0.25, -0.2) is 13.2 Å². The molecule has 2 aromatic carbocycles. The van der Waals surface area contributed by atoms with E-state index in [1.165, 1.54) is 12.1 Å². The Labute approximate surface area is 113 Å². The van der Waals surface area contributed by atoms with Gasteiger partial charge in [-0.3, -0.25) is 4.79 Å². The SMILES string of the molecule is NCc1cccc(C(=O)Nc2cc(F)c(F)cc2F)c1. The number of hydrogen-bond donors (Lipinski definition) is 2. The predicted molar refractivity (Wildman–Crippen MR) is 68.6 cm³/mol. The van der Waals surface area contributed by atoms with Crippen molar-refractivity contribution in [3.8, 4) is 0 Å². The number of nitrogens with two attached hydrogens (primary N) is 1. The fraction of sp³-hybridized carbons (Fsp3) is 0.0714. The van der Waals surface area contributed by atoms with Gasteiger partial charge in [0.1, 0.15) is 5.82 Å². The summed E-state index contributed by atoms with van der Waals surface area (Å²) < 4.78 is 39.2. The van der Waals surface area contributed by atoms with Gasteiger partial charge in [0.2, 0.25) is 0 Å². The normalized spacial score (nSPS) is 10.4. The Hall–Kier alpha value is -2.34. The van der Waals surface area contributed by atoms with Crippen LogP contribution < -0.4 is 11.1 Å². The molecule has 0 aliphatic rings. The van der Waals surface area contributed by atoms with Gasteiger partial charge in [-0.05, 0) is 17.7 Å². The molecule has 0 aliphatic carbocycles. The number of benzene rings is 2. The average Bonchev–Trinajstić information content (AvgIpc) is 2.44. The summed E-state index contributed by atoms with van der Waals surface area (Å²) in [6, 6.07) is 7.36. The minimum absolute atomic E-state index is 0.247. The fourth-order valence-corrected chi connectivity index (χ4v) is 1.65. The molecule has 2 rings (SSSR count). The van der Waals surface area contributed by atoms with Crippen LogP contribution in [-0.2, 0) is 6.54 Å². The fourth-order valence-electron chi connectivity index (χ4n) is 1.65. The summed E-state index contributed by atoms with van der Waals surface area (Å²) in [5, 5.41) is 2.18. The van der Waals surface area contributed by atoms with Crippen LogP contribution in [0.5, 0.6) is 0 Å². The lowest BCUT2D eigenvalue weighted by atomic mass is 10.1. The first-order valence-electron chi connectivity index (χ1n) is 5.76. The Morgan fingerprint density at radius 3 is 2.45 bits per heavy atom. The molecule has 0 heterocycles. The Morgan fingerprint density at radius 1 is 1.05 bits per heavy atom. The van der Waals surface area contributed by atoms with E-state index < -0.39 is 29.0 Å². The summed E-state index contributed by atoms with van der Waals surface area (Å²) in [6.07, 6.45) is 0. The van der Waals surface area contributed by atoms with Gasteiger partial charge in [0, 0.05) is 24.2 Å². The topological polar surface area (TPSA) is 55.1 Å². The monoisotopic (exact) mass is 280 g/mol. The van der Waals surface area contributed by atoms with Crippen molar-refractivity contribution in [2.24, 2.45) is 5.73 Å². The quantitative estimate of drug-likeness (QED) is 0.849. The Balaban J connectivity index is 2.25. The van der Waals surface area contributed by atoms with Gasteiger partial charge in [-0.2, -0.15) is 0 Å². The molecule has 3 nitrogen and oxygen atoms in total. The second-order valence-corrected chi connectivity index (χ2v) is 4.10. The van der Waals surface area contributed by atoms with Crippen LogP contribution in [0.15, 0.2) is 36.4 Å². The predicted octanol–water partition coefficient (Wildman–Crippen LogP) is 2.81. The van der Waals surface area contributed by atoms with Crippen LogP contribution in [0.25, 0.3) is 0 Å². The highest BCUT2D eigenvalue weighted by Gasteiger charge is 2.13. The van der Waals surface area contributed by atoms with Crippen molar-refractivity contribution < 1.29 is 18.0 Å². The first-order chi connectivity index (χ1) is 9.51. The van der Waals surface area contributed by atoms with Crippen LogP contribution in [-0.4, -0.2) is 5.91 Å². The summed E-state index contributed by atoms with van der Waals surface area (Å²) in [4.78, 5) is 11.9. The van der Waals surface area contributed by atoms with E-state index in [2.05, 4.69) is 5.32 Å². The highest BCUT2D eigenvalue weighted by molar-refractivity contribution is 6.04. The summed E-state index contributed by atoms with van der Waals surface area (Å²) >= 11 is 0. The van der Waals surface area contributed by atoms with Crippen LogP contribution in [0.2, 0.25) is 0 Å². The van der Waals surface area contributed by atoms with Gasteiger partial charge in [0.25, 0.3) is 5.91 Å². The minimum Gasteiger partial charge on any atom is -0.326 e. The smallest absolute Gasteiger partial charge is 0.255 e. The number of carbonyl (C=O) groups excluding carboxylic acids is 1. The highest BCUT2D eigenvalue weighted by Crippen LogP contribution is 2.19. The number of anilines is 1. The van der Waals surface area contributed by atoms with E-state index in [9.17, 15) is 18.0 Å². The van der Waals surface area contributed by atoms with E-state index in [0.29, 0.717) is 12.1 Å². The van der Waals surface area contributed by atoms with Crippen molar-refractivity contribution in [2.45, 2.75) is 6.54 Å². The molecule has 104 valence electrons. The highest BCUT2D eigenvalue weighted by atomic mass is 19.2. The zero-order chi connectivity index (χ0) is 14.7. The maximum Gasteiger partial charge on any atom is 0.255 e. The van der Waals surface area contributed by atoms with E-state index in [-0.39, 0.29) is 12.1 Å². The number of halogens is 3. The van der Waals surface area contributed by atoms with Crippen LogP contribution in [0.3, 0.4) is 0 Å². The molecule has 3 N–H and O–H groups in total. The first kappa shape index (κ1) is 14.1. The zero-order valence-corrected chi connectivity index (χ0v) is 10.3. The van der Waals surface area contributed by atoms with E-state index in [1.807, 2.05) is 0 Å². The van der Waals surface area contributed by atoms with E-state index >= 15 is 0 Å². The molecule has 20 heavy (non-hydrogen) atoms. The van der Waals surface area contributed by atoms with E-state index in [4.69, 9.17) is 5.73 Å². The van der Waals surface area contributed by atoms with Gasteiger partial charge < -0.3 is 11.1 Å². The summed E-state index contributed by atoms with van der Waals surface area (Å²) in [7, 11) is 0. The molecule has 0 saturated carbocycles. The second kappa shape index (κ2) is 5.75. The van der Waals surface area contributed by atoms with Crippen LogP contribution >= 0.6 is 0 Å². The molecule has 0 atom stereocenters. The summed E-state index contributed by atoms with van der Waals surface area (Å²) in [5.74, 6) is -4.24. The zero-order valence-electron chi connectivity index (χ0n) is 10.3. The molecule has 1 amide bonds. The van der Waals surface area contributed by atoms with Crippen molar-refractivity contribution in [2.75, 3.05) is 5.32 Å². The van der Waals surface area contributed by atoms with Gasteiger partial charge in [0.15, 0.2) is 11.6 Å². The lowest BCUT2D eigenvalue weighted by Gasteiger charge is -2.08. The molecule has 0 radical (unpaired) electrons. The molecular weight excluding hydrogens is 269 g/mol. The lowest BCUT2D eigenvalue weighted by molar-refractivity contribution is 0.102. The van der Waals surface area contributed by atoms with Crippen LogP contribution in [0, 0.1) is 17.5 Å². The summed E-state index contributed by atoms with van der Waals surface area (Å²) in [5.41, 5.74) is 6.00. The van der Waals surface area contributed by atoms with Gasteiger partial charge in [-0.1, -0.05) is 12.1 Å². The molecule has 0 aliphatic heterocycles. The molecule has 0 unspecified atom stereocenters. The molecule has 0 fully saturated rings. The molecule has 0 spiro atoms. The Bertz CT molecular complexity index is 659. The van der Waals surface area contributed by atoms with Gasteiger partial charge >= 0.3 is 0 Å². The van der Waals surface area contributed by atoms with Crippen molar-refractivity contribution in [3.63, 3.8) is 0 Å². The van der Waals surface area contributed by atoms with Crippen LogP contribution in [0.4, 0.5) is 18.9 Å². The summed E-state index contributed by atoms with van der Waals surface area (Å²) in [6.45, 7) is 0.251. The number of hydrogen-bond acceptors (Lipinski definition) is 2. The van der Waals surface area contributed by atoms with Crippen molar-refractivity contribution in [3.05, 3.63) is 65.0 Å². The largest absolute Gasteiger partial charge is 0.326 e. The van der Waals surface area contributed by atoms with Crippen molar-refractivity contribution in [1.29, 1.82) is 0 Å². The third-order valence-corrected chi connectivity index (χ3v) is 2.68. The number of rotatable bonds is 3. The molecule has 0 aromatic heterocycles. The Kier molecular flexibility index (Phi) is 4.05. The molecular formula is C14H11F3N2O. The number of amides is 1. The number of carbonyl (C=O) groups is 1. The average molecular weight is 280 g/mol. The van der Waals surface area contributed by atoms with E-state index in [1.54, 1.807) is 12.1 Å². The van der Waals surface area contributed by atoms with Crippen LogP contribution in [0.1, 0.15) is 15.9 Å². The lowest BCUT2D eigenvalue weighted by Crippen LogP contribution is -2.14. The first-order valence-corrected chi connectivity index (χ1v) is 5.76. The van der Waals surface area contributed by atoms with Gasteiger partial charge in [0.05, 0.1) is 5.69 Å². The van der Waals surface area contributed by atoms with E-state index in [0.717, 1.165) is 5.56 Å². The third-order valence-electron chi connectivity index (χ3n) is 2.68. The molecule has 2 aromatic rings. The molecule has 0 bridgehead atoms. The van der Waals surface area contributed by atoms with Crippen molar-refractivity contribution >= 4 is 11.6 Å². The second-order valence-electron chi connectivity index (χ2n) is 4.10. The maximum atomic E-state index is 13.4.